The first-order valence-corrected chi connectivity index (χ1v) is 9.93. The van der Waals surface area contributed by atoms with Crippen LogP contribution < -0.4 is 9.47 Å². The highest BCUT2D eigenvalue weighted by Gasteiger charge is 2.32. The molecule has 0 radical (unpaired) electrons. The molecule has 0 saturated carbocycles. The number of hydrogen-bond donors (Lipinski definition) is 1. The summed E-state index contributed by atoms with van der Waals surface area (Å²) < 4.78 is 76.0. The van der Waals surface area contributed by atoms with Crippen LogP contribution in [-0.4, -0.2) is 27.0 Å². The summed E-state index contributed by atoms with van der Waals surface area (Å²) in [5, 5.41) is 0.145. The molecule has 176 valence electrons. The lowest BCUT2D eigenvalue weighted by atomic mass is 10.1. The largest absolute Gasteiger partial charge is 0.493 e. The highest BCUT2D eigenvalue weighted by atomic mass is 35.5. The van der Waals surface area contributed by atoms with Gasteiger partial charge in [-0.05, 0) is 36.4 Å². The first-order chi connectivity index (χ1) is 16.2. The highest BCUT2D eigenvalue weighted by Crippen LogP contribution is 2.36. The van der Waals surface area contributed by atoms with Gasteiger partial charge in [-0.3, -0.25) is 4.98 Å². The molecule has 0 spiro atoms. The van der Waals surface area contributed by atoms with Gasteiger partial charge in [0.2, 0.25) is 5.95 Å². The number of halogens is 6. The zero-order valence-corrected chi connectivity index (χ0v) is 18.0. The smallest absolute Gasteiger partial charge is 0.417 e. The fourth-order valence-electron chi connectivity index (χ4n) is 3.01. The van der Waals surface area contributed by atoms with Gasteiger partial charge in [-0.2, -0.15) is 17.6 Å². The van der Waals surface area contributed by atoms with Gasteiger partial charge in [0.25, 0.3) is 0 Å². The van der Waals surface area contributed by atoms with Crippen molar-refractivity contribution in [2.45, 2.75) is 12.8 Å². The molecular formula is C22H14ClF5N4O2. The number of H-pyrrole nitrogens is 1. The van der Waals surface area contributed by atoms with E-state index in [-0.39, 0.29) is 22.3 Å². The topological polar surface area (TPSA) is 72.9 Å². The third-order valence-corrected chi connectivity index (χ3v) is 5.00. The van der Waals surface area contributed by atoms with Gasteiger partial charge in [0, 0.05) is 23.5 Å². The van der Waals surface area contributed by atoms with Gasteiger partial charge in [-0.1, -0.05) is 11.6 Å². The Bertz CT molecular complexity index is 1330. The monoisotopic (exact) mass is 496 g/mol. The van der Waals surface area contributed by atoms with Crippen LogP contribution in [0.1, 0.15) is 11.3 Å². The number of imidazole rings is 1. The SMILES string of the molecule is COc1cc(-c2[nH]c(-c3ccc(F)nc3)nc2Cl)ccc1OCc1ncc(C(F)(F)F)cc1F. The lowest BCUT2D eigenvalue weighted by Gasteiger charge is -2.13. The Labute approximate surface area is 194 Å². The summed E-state index contributed by atoms with van der Waals surface area (Å²) in [6.45, 7) is -0.424. The third-order valence-electron chi connectivity index (χ3n) is 4.72. The molecule has 1 N–H and O–H groups in total. The number of aromatic nitrogens is 4. The van der Waals surface area contributed by atoms with Gasteiger partial charge in [0.15, 0.2) is 16.7 Å². The van der Waals surface area contributed by atoms with E-state index < -0.39 is 30.1 Å². The van der Waals surface area contributed by atoms with Crippen molar-refractivity contribution >= 4 is 11.6 Å². The number of rotatable bonds is 6. The van der Waals surface area contributed by atoms with Crippen LogP contribution in [0.3, 0.4) is 0 Å². The molecule has 0 fully saturated rings. The maximum atomic E-state index is 14.0. The van der Waals surface area contributed by atoms with Crippen molar-refractivity contribution in [2.75, 3.05) is 7.11 Å². The molecule has 3 heterocycles. The summed E-state index contributed by atoms with van der Waals surface area (Å²) >= 11 is 6.26. The highest BCUT2D eigenvalue weighted by molar-refractivity contribution is 6.32. The zero-order valence-electron chi connectivity index (χ0n) is 17.3. The molecular weight excluding hydrogens is 483 g/mol. The van der Waals surface area contributed by atoms with Gasteiger partial charge >= 0.3 is 6.18 Å². The number of methoxy groups -OCH3 is 1. The van der Waals surface area contributed by atoms with Gasteiger partial charge in [0.05, 0.1) is 18.4 Å². The van der Waals surface area contributed by atoms with E-state index in [1.807, 2.05) is 0 Å². The molecule has 3 aromatic heterocycles. The minimum absolute atomic E-state index is 0.145. The van der Waals surface area contributed by atoms with Crippen LogP contribution in [0.25, 0.3) is 22.6 Å². The van der Waals surface area contributed by atoms with E-state index in [1.165, 1.54) is 31.5 Å². The van der Waals surface area contributed by atoms with Crippen molar-refractivity contribution < 1.29 is 31.4 Å². The van der Waals surface area contributed by atoms with Crippen molar-refractivity contribution in [3.63, 3.8) is 0 Å². The second-order valence-electron chi connectivity index (χ2n) is 6.93. The molecule has 0 aliphatic rings. The van der Waals surface area contributed by atoms with Gasteiger partial charge < -0.3 is 14.5 Å². The molecule has 34 heavy (non-hydrogen) atoms. The van der Waals surface area contributed by atoms with Gasteiger partial charge in [-0.25, -0.2) is 14.4 Å². The van der Waals surface area contributed by atoms with Crippen molar-refractivity contribution in [1.82, 2.24) is 19.9 Å². The molecule has 0 atom stereocenters. The Morgan fingerprint density at radius 3 is 2.38 bits per heavy atom. The van der Waals surface area contributed by atoms with Crippen LogP contribution in [-0.2, 0) is 12.8 Å². The molecule has 12 heteroatoms. The predicted molar refractivity (Wildman–Crippen MR) is 112 cm³/mol. The summed E-state index contributed by atoms with van der Waals surface area (Å²) in [5.74, 6) is -0.951. The molecule has 0 unspecified atom stereocenters. The van der Waals surface area contributed by atoms with E-state index >= 15 is 0 Å². The number of nitrogens with one attached hydrogen (secondary N) is 1. The Kier molecular flexibility index (Phi) is 6.38. The van der Waals surface area contributed by atoms with Crippen LogP contribution in [0.15, 0.2) is 48.8 Å². The van der Waals surface area contributed by atoms with Crippen LogP contribution in [0.5, 0.6) is 11.5 Å². The summed E-state index contributed by atoms with van der Waals surface area (Å²) in [7, 11) is 1.38. The lowest BCUT2D eigenvalue weighted by Crippen LogP contribution is -2.09. The second kappa shape index (κ2) is 9.26. The fourth-order valence-corrected chi connectivity index (χ4v) is 3.25. The van der Waals surface area contributed by atoms with Crippen LogP contribution in [0, 0.1) is 11.8 Å². The van der Waals surface area contributed by atoms with Crippen LogP contribution in [0.2, 0.25) is 5.15 Å². The molecule has 0 aliphatic heterocycles. The van der Waals surface area contributed by atoms with Crippen molar-refractivity contribution in [3.8, 4) is 34.1 Å². The van der Waals surface area contributed by atoms with E-state index in [4.69, 9.17) is 21.1 Å². The summed E-state index contributed by atoms with van der Waals surface area (Å²) in [4.78, 5) is 14.3. The lowest BCUT2D eigenvalue weighted by molar-refractivity contribution is -0.138. The molecule has 4 rings (SSSR count). The average molecular weight is 497 g/mol. The van der Waals surface area contributed by atoms with Crippen LogP contribution >= 0.6 is 11.6 Å². The molecule has 0 amide bonds. The molecule has 0 aliphatic carbocycles. The molecule has 6 nitrogen and oxygen atoms in total. The first kappa shape index (κ1) is 23.4. The minimum atomic E-state index is -4.70. The third kappa shape index (κ3) is 4.93. The summed E-state index contributed by atoms with van der Waals surface area (Å²) in [6.07, 6.45) is -2.86. The van der Waals surface area contributed by atoms with Crippen molar-refractivity contribution in [1.29, 1.82) is 0 Å². The first-order valence-electron chi connectivity index (χ1n) is 9.56. The maximum Gasteiger partial charge on any atom is 0.417 e. The standard InChI is InChI=1S/C22H14ClF5N4O2/c1-33-17-6-11(19-20(23)32-21(31-19)12-3-5-18(25)30-8-12)2-4-16(17)34-10-15-14(24)7-13(9-29-15)22(26,27)28/h2-9H,10H2,1H3,(H,31,32). The Hall–Kier alpha value is -3.73. The molecule has 4 aromatic rings. The van der Waals surface area contributed by atoms with Crippen molar-refractivity contribution in [2.24, 2.45) is 0 Å². The number of pyridine rings is 2. The summed E-state index contributed by atoms with van der Waals surface area (Å²) in [5.41, 5.74) is 0.0480. The Morgan fingerprint density at radius 2 is 1.74 bits per heavy atom. The van der Waals surface area contributed by atoms with Crippen LogP contribution in [0.4, 0.5) is 22.0 Å². The van der Waals surface area contributed by atoms with E-state index in [0.717, 1.165) is 0 Å². The minimum Gasteiger partial charge on any atom is -0.493 e. The average Bonchev–Trinajstić information content (AvgIpc) is 3.19. The molecule has 0 bridgehead atoms. The molecule has 1 aromatic carbocycles. The maximum absolute atomic E-state index is 14.0. The predicted octanol–water partition coefficient (Wildman–Crippen LogP) is 6.07. The molecule has 0 saturated heterocycles. The normalized spacial score (nSPS) is 11.5. The number of alkyl halides is 3. The van der Waals surface area contributed by atoms with E-state index in [1.54, 1.807) is 12.1 Å². The number of aromatic amines is 1. The van der Waals surface area contributed by atoms with E-state index in [0.29, 0.717) is 34.9 Å². The van der Waals surface area contributed by atoms with Crippen molar-refractivity contribution in [3.05, 3.63) is 77.0 Å². The van der Waals surface area contributed by atoms with E-state index in [2.05, 4.69) is 19.9 Å². The van der Waals surface area contributed by atoms with E-state index in [9.17, 15) is 22.0 Å². The van der Waals surface area contributed by atoms with Gasteiger partial charge in [0.1, 0.15) is 23.9 Å². The number of ether oxygens (including phenoxy) is 2. The Balaban J connectivity index is 1.55. The number of hydrogen-bond acceptors (Lipinski definition) is 5. The number of nitrogens with zero attached hydrogens (tertiary/aromatic N) is 3. The summed E-state index contributed by atoms with van der Waals surface area (Å²) in [6, 6.07) is 7.77. The fraction of sp³-hybridized carbons (Fsp3) is 0.136. The zero-order chi connectivity index (χ0) is 24.5. The Morgan fingerprint density at radius 1 is 0.971 bits per heavy atom. The van der Waals surface area contributed by atoms with Gasteiger partial charge in [-0.15, -0.1) is 0 Å². The quantitative estimate of drug-likeness (QED) is 0.259. The second-order valence-corrected chi connectivity index (χ2v) is 7.28. The number of benzene rings is 1.